The number of hydrogen-bond donors (Lipinski definition) is 1. The minimum Gasteiger partial charge on any atom is -0.363 e. The van der Waals surface area contributed by atoms with Crippen LogP contribution >= 0.6 is 0 Å². The lowest BCUT2D eigenvalue weighted by Crippen LogP contribution is -2.43. The second-order valence-corrected chi connectivity index (χ2v) is 7.82. The smallest absolute Gasteiger partial charge is 0.363 e. The average Bonchev–Trinajstić information content (AvgIpc) is 3.16. The molecule has 1 saturated heterocycles. The number of nitrogens with one attached hydrogen (secondary N) is 1. The molecule has 0 aliphatic carbocycles. The first-order valence-electron chi connectivity index (χ1n) is 10.2. The van der Waals surface area contributed by atoms with E-state index in [2.05, 4.69) is 10.4 Å². The Kier molecular flexibility index (Phi) is 5.27. The maximum Gasteiger partial charge on any atom is 0.410 e. The zero-order chi connectivity index (χ0) is 20.6. The van der Waals surface area contributed by atoms with Gasteiger partial charge in [0, 0.05) is 25.1 Å². The first kappa shape index (κ1) is 19.8. The molecule has 2 aliphatic heterocycles. The summed E-state index contributed by atoms with van der Waals surface area (Å²) in [7, 11) is 0. The molecule has 0 bridgehead atoms. The number of carbonyl (C=O) groups excluding carboxylic acids is 1. The van der Waals surface area contributed by atoms with E-state index in [9.17, 15) is 18.0 Å². The van der Waals surface area contributed by atoms with Crippen LogP contribution in [0.15, 0.2) is 36.4 Å². The summed E-state index contributed by atoms with van der Waals surface area (Å²) in [6, 6.07) is 8.39. The van der Waals surface area contributed by atoms with Crippen molar-refractivity contribution in [3.8, 4) is 0 Å². The molecule has 1 N–H and O–H groups in total. The Morgan fingerprint density at radius 1 is 1.24 bits per heavy atom. The monoisotopic (exact) mass is 406 g/mol. The average molecular weight is 406 g/mol. The number of nitrogens with zero attached hydrogens (tertiary/aromatic N) is 3. The highest BCUT2D eigenvalue weighted by atomic mass is 19.4. The molecule has 3 atom stereocenters. The maximum atomic E-state index is 13.8. The number of fused-ring (bicyclic) bond motifs is 1. The third kappa shape index (κ3) is 3.84. The van der Waals surface area contributed by atoms with Crippen molar-refractivity contribution in [2.45, 2.75) is 63.3 Å². The molecule has 1 aromatic heterocycles. The molecular weight excluding hydrogens is 381 g/mol. The van der Waals surface area contributed by atoms with E-state index in [-0.39, 0.29) is 29.9 Å². The third-order valence-corrected chi connectivity index (χ3v) is 5.97. The second-order valence-electron chi connectivity index (χ2n) is 7.82. The molecule has 156 valence electrons. The molecule has 1 aromatic carbocycles. The molecule has 1 amide bonds. The molecule has 5 nitrogen and oxygen atoms in total. The topological polar surface area (TPSA) is 50.2 Å². The molecule has 4 rings (SSSR count). The zero-order valence-corrected chi connectivity index (χ0v) is 16.3. The van der Waals surface area contributed by atoms with E-state index in [1.165, 1.54) is 6.07 Å². The number of hydrogen-bond acceptors (Lipinski definition) is 3. The van der Waals surface area contributed by atoms with Crippen LogP contribution in [0.5, 0.6) is 0 Å². The Morgan fingerprint density at radius 2 is 2.00 bits per heavy atom. The van der Waals surface area contributed by atoms with Crippen LogP contribution in [-0.2, 0) is 0 Å². The van der Waals surface area contributed by atoms with E-state index in [0.717, 1.165) is 35.9 Å². The van der Waals surface area contributed by atoms with E-state index >= 15 is 0 Å². The van der Waals surface area contributed by atoms with Gasteiger partial charge in [-0.25, -0.2) is 4.68 Å². The van der Waals surface area contributed by atoms with Crippen molar-refractivity contribution >= 4 is 11.7 Å². The van der Waals surface area contributed by atoms with Crippen molar-refractivity contribution in [1.29, 1.82) is 0 Å². The van der Waals surface area contributed by atoms with Gasteiger partial charge in [-0.05, 0) is 31.2 Å². The van der Waals surface area contributed by atoms with E-state index in [1.54, 1.807) is 4.90 Å². The van der Waals surface area contributed by atoms with Crippen LogP contribution in [0, 0.1) is 0 Å². The highest BCUT2D eigenvalue weighted by molar-refractivity contribution is 5.93. The summed E-state index contributed by atoms with van der Waals surface area (Å²) in [4.78, 5) is 14.8. The van der Waals surface area contributed by atoms with Gasteiger partial charge >= 0.3 is 6.18 Å². The van der Waals surface area contributed by atoms with Gasteiger partial charge in [-0.15, -0.1) is 0 Å². The van der Waals surface area contributed by atoms with Gasteiger partial charge in [-0.2, -0.15) is 18.3 Å². The number of aromatic nitrogens is 2. The van der Waals surface area contributed by atoms with Gasteiger partial charge in [0.2, 0.25) is 0 Å². The lowest BCUT2D eigenvalue weighted by molar-refractivity contribution is -0.173. The Balaban J connectivity index is 1.66. The number of amides is 1. The van der Waals surface area contributed by atoms with Gasteiger partial charge in [0.1, 0.15) is 5.82 Å². The van der Waals surface area contributed by atoms with Crippen LogP contribution in [0.25, 0.3) is 0 Å². The Morgan fingerprint density at radius 3 is 2.69 bits per heavy atom. The summed E-state index contributed by atoms with van der Waals surface area (Å²) in [5.41, 5.74) is 0.861. The fourth-order valence-corrected chi connectivity index (χ4v) is 4.42. The highest BCUT2D eigenvalue weighted by Crippen LogP contribution is 2.43. The van der Waals surface area contributed by atoms with Gasteiger partial charge in [-0.1, -0.05) is 37.3 Å². The molecule has 8 heteroatoms. The third-order valence-electron chi connectivity index (χ3n) is 5.97. The van der Waals surface area contributed by atoms with E-state index < -0.39 is 18.3 Å². The van der Waals surface area contributed by atoms with Crippen LogP contribution in [0.2, 0.25) is 0 Å². The van der Waals surface area contributed by atoms with Gasteiger partial charge in [0.05, 0.1) is 6.04 Å². The standard InChI is InChI=1S/C21H25F3N4O/c1-2-15-10-6-7-11-27(15)20(29)17-13-19-25-16(14-8-4-3-5-9-14)12-18(21(22,23)24)28(19)26-17/h3-5,8-9,13,15-16,18,25H,2,6-7,10-12H2,1H3. The van der Waals surface area contributed by atoms with E-state index in [1.807, 2.05) is 37.3 Å². The predicted octanol–water partition coefficient (Wildman–Crippen LogP) is 4.95. The Bertz CT molecular complexity index is 865. The summed E-state index contributed by atoms with van der Waals surface area (Å²) in [6.07, 6.45) is -0.883. The molecule has 0 radical (unpaired) electrons. The maximum absolute atomic E-state index is 13.8. The van der Waals surface area contributed by atoms with Gasteiger partial charge in [0.15, 0.2) is 11.7 Å². The molecule has 1 fully saturated rings. The number of rotatable bonds is 3. The van der Waals surface area contributed by atoms with Gasteiger partial charge < -0.3 is 10.2 Å². The largest absolute Gasteiger partial charge is 0.410 e. The van der Waals surface area contributed by atoms with Crippen LogP contribution in [0.3, 0.4) is 0 Å². The molecular formula is C21H25F3N4O. The van der Waals surface area contributed by atoms with Crippen LogP contribution in [0.1, 0.15) is 67.2 Å². The second kappa shape index (κ2) is 7.72. The summed E-state index contributed by atoms with van der Waals surface area (Å²) >= 11 is 0. The number of carbonyl (C=O) groups is 1. The predicted molar refractivity (Wildman–Crippen MR) is 104 cm³/mol. The SMILES string of the molecule is CCC1CCCCN1C(=O)c1cc2n(n1)C(C(F)(F)F)CC(c1ccccc1)N2. The minimum absolute atomic E-state index is 0.0795. The molecule has 3 unspecified atom stereocenters. The molecule has 3 heterocycles. The highest BCUT2D eigenvalue weighted by Gasteiger charge is 2.47. The number of alkyl halides is 3. The first-order valence-corrected chi connectivity index (χ1v) is 10.2. The minimum atomic E-state index is -4.45. The van der Waals surface area contributed by atoms with Crippen molar-refractivity contribution in [1.82, 2.24) is 14.7 Å². The lowest BCUT2D eigenvalue weighted by atomic mass is 9.97. The van der Waals surface area contributed by atoms with Crippen molar-refractivity contribution in [2.24, 2.45) is 0 Å². The molecule has 0 saturated carbocycles. The summed E-state index contributed by atoms with van der Waals surface area (Å²) in [6.45, 7) is 2.66. The Labute approximate surface area is 167 Å². The number of halogens is 3. The van der Waals surface area contributed by atoms with E-state index in [0.29, 0.717) is 6.54 Å². The van der Waals surface area contributed by atoms with Crippen molar-refractivity contribution < 1.29 is 18.0 Å². The number of benzene rings is 1. The molecule has 2 aromatic rings. The molecule has 0 spiro atoms. The number of anilines is 1. The number of likely N-dealkylation sites (tertiary alicyclic amines) is 1. The fourth-order valence-electron chi connectivity index (χ4n) is 4.42. The van der Waals surface area contributed by atoms with Crippen molar-refractivity contribution in [3.05, 3.63) is 47.7 Å². The molecule has 29 heavy (non-hydrogen) atoms. The van der Waals surface area contributed by atoms with Crippen molar-refractivity contribution in [3.63, 3.8) is 0 Å². The van der Waals surface area contributed by atoms with Gasteiger partial charge in [-0.3, -0.25) is 4.79 Å². The zero-order valence-electron chi connectivity index (χ0n) is 16.3. The first-order chi connectivity index (χ1) is 13.9. The normalized spacial score (nSPS) is 24.7. The quantitative estimate of drug-likeness (QED) is 0.785. The van der Waals surface area contributed by atoms with E-state index in [4.69, 9.17) is 0 Å². The van der Waals surface area contributed by atoms with Crippen LogP contribution < -0.4 is 5.32 Å². The fraction of sp³-hybridized carbons (Fsp3) is 0.524. The summed E-state index contributed by atoms with van der Waals surface area (Å²) in [5.74, 6) is -0.0433. The van der Waals surface area contributed by atoms with Crippen LogP contribution in [0.4, 0.5) is 19.0 Å². The van der Waals surface area contributed by atoms with Crippen LogP contribution in [-0.4, -0.2) is 39.4 Å². The summed E-state index contributed by atoms with van der Waals surface area (Å²) < 4.78 is 42.4. The summed E-state index contributed by atoms with van der Waals surface area (Å²) in [5, 5.41) is 7.26. The number of piperidine rings is 1. The molecule has 2 aliphatic rings. The van der Waals surface area contributed by atoms with Crippen molar-refractivity contribution in [2.75, 3.05) is 11.9 Å². The lowest BCUT2D eigenvalue weighted by Gasteiger charge is -2.34. The Hall–Kier alpha value is -2.51. The van der Waals surface area contributed by atoms with Gasteiger partial charge in [0.25, 0.3) is 5.91 Å².